The Morgan fingerprint density at radius 1 is 0.929 bits per heavy atom. The minimum Gasteiger partial charge on any atom is -0.331 e. The Balaban J connectivity index is 1.56. The second-order valence-corrected chi connectivity index (χ2v) is 11.2. The van der Waals surface area contributed by atoms with Crippen molar-refractivity contribution in [3.63, 3.8) is 0 Å². The monoisotopic (exact) mass is 585 g/mol. The highest BCUT2D eigenvalue weighted by Gasteiger charge is 2.27. The Bertz CT molecular complexity index is 1640. The molecule has 8 nitrogen and oxygen atoms in total. The third-order valence-corrected chi connectivity index (χ3v) is 7.96. The van der Waals surface area contributed by atoms with E-state index in [1.165, 1.54) is 10.1 Å². The first kappa shape index (κ1) is 29.5. The molecule has 0 fully saturated rings. The third-order valence-electron chi connectivity index (χ3n) is 7.73. The van der Waals surface area contributed by atoms with Gasteiger partial charge in [-0.1, -0.05) is 67.1 Å². The van der Waals surface area contributed by atoms with Crippen molar-refractivity contribution in [3.8, 4) is 0 Å². The topological polar surface area (TPSA) is 78.8 Å². The summed E-state index contributed by atoms with van der Waals surface area (Å²) in [6.45, 7) is 5.16. The van der Waals surface area contributed by atoms with Crippen LogP contribution in [-0.4, -0.2) is 57.3 Å². The molecule has 2 amide bonds. The van der Waals surface area contributed by atoms with Crippen LogP contribution in [0.2, 0.25) is 5.02 Å². The van der Waals surface area contributed by atoms with E-state index in [-0.39, 0.29) is 18.1 Å². The molecule has 0 radical (unpaired) electrons. The summed E-state index contributed by atoms with van der Waals surface area (Å²) in [5.41, 5.74) is 3.36. The van der Waals surface area contributed by atoms with Crippen LogP contribution in [0.4, 0.5) is 5.69 Å². The average Bonchev–Trinajstić information content (AvgIpc) is 3.03. The van der Waals surface area contributed by atoms with E-state index in [1.54, 1.807) is 30.1 Å². The SMILES string of the molecule is CCCC(=O)N1CCCN(Cc2ccccc2)CCN(C(=O)c2nc3ccccc3n(C)c2=O)Cc2ccc(Cl)cc21. The van der Waals surface area contributed by atoms with Gasteiger partial charge in [-0.25, -0.2) is 4.98 Å². The zero-order chi connectivity index (χ0) is 29.6. The number of para-hydroxylation sites is 2. The molecule has 0 spiro atoms. The molecule has 0 unspecified atom stereocenters. The van der Waals surface area contributed by atoms with Gasteiger partial charge in [0.15, 0.2) is 5.69 Å². The lowest BCUT2D eigenvalue weighted by Crippen LogP contribution is -2.41. The summed E-state index contributed by atoms with van der Waals surface area (Å²) in [5.74, 6) is -0.412. The van der Waals surface area contributed by atoms with Crippen LogP contribution in [0.1, 0.15) is 47.8 Å². The van der Waals surface area contributed by atoms with E-state index in [1.807, 2.05) is 54.3 Å². The Labute approximate surface area is 251 Å². The number of anilines is 1. The van der Waals surface area contributed by atoms with E-state index in [4.69, 9.17) is 11.6 Å². The number of fused-ring (bicyclic) bond motifs is 2. The van der Waals surface area contributed by atoms with Crippen molar-refractivity contribution in [2.45, 2.75) is 39.3 Å². The molecule has 3 aromatic carbocycles. The van der Waals surface area contributed by atoms with Crippen molar-refractivity contribution >= 4 is 40.1 Å². The molecule has 0 atom stereocenters. The standard InChI is InChI=1S/C33H36ClN5O3/c1-3-10-30(40)39-18-9-17-37(22-24-11-5-4-6-12-24)19-20-38(23-25-15-16-26(34)21-29(25)39)33(42)31-32(41)36(2)28-14-8-7-13-27(28)35-31/h4-8,11-16,21H,3,9-10,17-20,22-23H2,1-2H3. The van der Waals surface area contributed by atoms with Gasteiger partial charge in [0.25, 0.3) is 11.5 Å². The van der Waals surface area contributed by atoms with Gasteiger partial charge in [0.05, 0.1) is 16.7 Å². The van der Waals surface area contributed by atoms with Crippen LogP contribution in [0.5, 0.6) is 0 Å². The summed E-state index contributed by atoms with van der Waals surface area (Å²) >= 11 is 6.44. The van der Waals surface area contributed by atoms with E-state index >= 15 is 0 Å². The summed E-state index contributed by atoms with van der Waals surface area (Å²) in [7, 11) is 1.66. The molecule has 9 heteroatoms. The molecule has 1 aromatic heterocycles. The molecule has 5 rings (SSSR count). The largest absolute Gasteiger partial charge is 0.331 e. The van der Waals surface area contributed by atoms with E-state index < -0.39 is 11.5 Å². The van der Waals surface area contributed by atoms with Gasteiger partial charge in [-0.05, 0) is 48.2 Å². The molecule has 4 aromatic rings. The fourth-order valence-corrected chi connectivity index (χ4v) is 5.67. The first-order chi connectivity index (χ1) is 20.4. The number of aryl methyl sites for hydroxylation is 1. The summed E-state index contributed by atoms with van der Waals surface area (Å²) in [6, 6.07) is 23.0. The Hall–Kier alpha value is -4.01. The van der Waals surface area contributed by atoms with Gasteiger partial charge >= 0.3 is 0 Å². The lowest BCUT2D eigenvalue weighted by molar-refractivity contribution is -0.118. The molecule has 0 N–H and O–H groups in total. The summed E-state index contributed by atoms with van der Waals surface area (Å²) < 4.78 is 1.47. The second-order valence-electron chi connectivity index (χ2n) is 10.7. The summed E-state index contributed by atoms with van der Waals surface area (Å²) in [6.07, 6.45) is 1.90. The van der Waals surface area contributed by atoms with Gasteiger partial charge < -0.3 is 14.4 Å². The number of aromatic nitrogens is 2. The smallest absolute Gasteiger partial charge is 0.282 e. The van der Waals surface area contributed by atoms with Crippen LogP contribution in [0, 0.1) is 0 Å². The van der Waals surface area contributed by atoms with E-state index in [9.17, 15) is 14.4 Å². The van der Waals surface area contributed by atoms with Gasteiger partial charge in [0.2, 0.25) is 5.91 Å². The summed E-state index contributed by atoms with van der Waals surface area (Å²) in [5, 5.41) is 0.520. The fourth-order valence-electron chi connectivity index (χ4n) is 5.50. The highest BCUT2D eigenvalue weighted by atomic mass is 35.5. The maximum absolute atomic E-state index is 14.2. The molecule has 2 heterocycles. The van der Waals surface area contributed by atoms with E-state index in [2.05, 4.69) is 22.0 Å². The molecule has 42 heavy (non-hydrogen) atoms. The maximum atomic E-state index is 14.2. The Morgan fingerprint density at radius 2 is 1.69 bits per heavy atom. The number of halogens is 1. The number of carbonyl (C=O) groups is 2. The van der Waals surface area contributed by atoms with Crippen molar-refractivity contribution in [2.24, 2.45) is 7.05 Å². The molecule has 0 saturated carbocycles. The van der Waals surface area contributed by atoms with Gasteiger partial charge in [-0.15, -0.1) is 0 Å². The number of amides is 2. The van der Waals surface area contributed by atoms with Crippen LogP contribution >= 0.6 is 11.6 Å². The van der Waals surface area contributed by atoms with E-state index in [0.717, 1.165) is 24.9 Å². The zero-order valence-electron chi connectivity index (χ0n) is 24.1. The molecule has 1 aliphatic heterocycles. The van der Waals surface area contributed by atoms with Crippen molar-refractivity contribution < 1.29 is 9.59 Å². The normalized spacial score (nSPS) is 14.8. The lowest BCUT2D eigenvalue weighted by atomic mass is 10.1. The minimum atomic E-state index is -0.440. The van der Waals surface area contributed by atoms with Crippen LogP contribution in [0.15, 0.2) is 77.6 Å². The van der Waals surface area contributed by atoms with Crippen molar-refractivity contribution in [2.75, 3.05) is 31.1 Å². The molecule has 1 aliphatic rings. The zero-order valence-corrected chi connectivity index (χ0v) is 24.9. The van der Waals surface area contributed by atoms with Crippen molar-refractivity contribution in [3.05, 3.63) is 105 Å². The van der Waals surface area contributed by atoms with E-state index in [0.29, 0.717) is 54.3 Å². The molecular formula is C33H36ClN5O3. The Kier molecular flexibility index (Phi) is 9.35. The predicted molar refractivity (Wildman–Crippen MR) is 167 cm³/mol. The highest BCUT2D eigenvalue weighted by Crippen LogP contribution is 2.28. The van der Waals surface area contributed by atoms with Crippen LogP contribution < -0.4 is 10.5 Å². The lowest BCUT2D eigenvalue weighted by Gasteiger charge is -2.28. The number of carbonyl (C=O) groups excluding carboxylic acids is 2. The average molecular weight is 586 g/mol. The maximum Gasteiger partial charge on any atom is 0.282 e. The molecule has 0 saturated heterocycles. The second kappa shape index (κ2) is 13.3. The first-order valence-electron chi connectivity index (χ1n) is 14.5. The summed E-state index contributed by atoms with van der Waals surface area (Å²) in [4.78, 5) is 51.2. The fraction of sp³-hybridized carbons (Fsp3) is 0.333. The molecule has 0 bridgehead atoms. The van der Waals surface area contributed by atoms with Gasteiger partial charge in [0, 0.05) is 57.8 Å². The highest BCUT2D eigenvalue weighted by molar-refractivity contribution is 6.31. The van der Waals surface area contributed by atoms with Crippen LogP contribution in [-0.2, 0) is 24.9 Å². The third kappa shape index (κ3) is 6.55. The van der Waals surface area contributed by atoms with Gasteiger partial charge in [0.1, 0.15) is 0 Å². The number of hydrogen-bond donors (Lipinski definition) is 0. The molecular weight excluding hydrogens is 550 g/mol. The van der Waals surface area contributed by atoms with Crippen LogP contribution in [0.3, 0.4) is 0 Å². The van der Waals surface area contributed by atoms with Crippen molar-refractivity contribution in [1.29, 1.82) is 0 Å². The quantitative estimate of drug-likeness (QED) is 0.319. The van der Waals surface area contributed by atoms with Crippen LogP contribution in [0.25, 0.3) is 11.0 Å². The van der Waals surface area contributed by atoms with Gasteiger partial charge in [-0.2, -0.15) is 0 Å². The number of hydrogen-bond acceptors (Lipinski definition) is 5. The number of nitrogens with zero attached hydrogens (tertiary/aromatic N) is 5. The number of rotatable bonds is 5. The Morgan fingerprint density at radius 3 is 2.48 bits per heavy atom. The molecule has 218 valence electrons. The predicted octanol–water partition coefficient (Wildman–Crippen LogP) is 5.27. The van der Waals surface area contributed by atoms with Crippen molar-refractivity contribution in [1.82, 2.24) is 19.4 Å². The van der Waals surface area contributed by atoms with Gasteiger partial charge in [-0.3, -0.25) is 19.3 Å². The molecule has 0 aliphatic carbocycles. The minimum absolute atomic E-state index is 0.0258. The number of benzene rings is 3. The first-order valence-corrected chi connectivity index (χ1v) is 14.8.